The monoisotopic (exact) mass is 437 g/mol. The smallest absolute Gasteiger partial charge is 0.249 e. The van der Waals surface area contributed by atoms with Gasteiger partial charge >= 0.3 is 0 Å². The van der Waals surface area contributed by atoms with Gasteiger partial charge < -0.3 is 5.32 Å². The highest BCUT2D eigenvalue weighted by Gasteiger charge is 2.35. The van der Waals surface area contributed by atoms with E-state index in [1.807, 2.05) is 36.9 Å². The summed E-state index contributed by atoms with van der Waals surface area (Å²) in [6.45, 7) is 6.23. The molecule has 162 valence electrons. The first-order chi connectivity index (χ1) is 14.1. The van der Waals surface area contributed by atoms with E-state index in [2.05, 4.69) is 5.32 Å². The summed E-state index contributed by atoms with van der Waals surface area (Å²) in [5.41, 5.74) is 2.72. The van der Waals surface area contributed by atoms with Crippen molar-refractivity contribution >= 4 is 21.6 Å². The normalized spacial score (nSPS) is 17.0. The maximum Gasteiger partial charge on any atom is 0.249 e. The molecule has 9 heteroatoms. The second kappa shape index (κ2) is 8.79. The van der Waals surface area contributed by atoms with Gasteiger partial charge in [0.05, 0.1) is 6.04 Å². The molecule has 0 bridgehead atoms. The molecule has 1 atom stereocenters. The lowest BCUT2D eigenvalue weighted by atomic mass is 10.1. The van der Waals surface area contributed by atoms with E-state index in [1.54, 1.807) is 6.92 Å². The van der Waals surface area contributed by atoms with Crippen molar-refractivity contribution in [2.45, 2.75) is 31.7 Å². The number of carbonyl (C=O) groups is 1. The number of carbonyl (C=O) groups excluding carboxylic acids is 1. The molecule has 1 heterocycles. The molecule has 0 aliphatic carbocycles. The third-order valence-corrected chi connectivity index (χ3v) is 7.32. The maximum atomic E-state index is 14.0. The molecule has 0 saturated carbocycles. The summed E-state index contributed by atoms with van der Waals surface area (Å²) in [5.74, 6) is -2.42. The predicted molar refractivity (Wildman–Crippen MR) is 111 cm³/mol. The van der Waals surface area contributed by atoms with Crippen LogP contribution in [-0.4, -0.2) is 55.8 Å². The number of anilines is 1. The molecule has 2 aromatic carbocycles. The lowest BCUT2D eigenvalue weighted by molar-refractivity contribution is -0.121. The molecule has 3 rings (SSSR count). The van der Waals surface area contributed by atoms with E-state index in [9.17, 15) is 22.0 Å². The predicted octanol–water partition coefficient (Wildman–Crippen LogP) is 2.92. The number of nitrogens with zero attached hydrogens (tertiary/aromatic N) is 2. The lowest BCUT2D eigenvalue weighted by Crippen LogP contribution is -2.54. The number of aryl methyl sites for hydroxylation is 2. The van der Waals surface area contributed by atoms with Gasteiger partial charge in [-0.2, -0.15) is 4.31 Å². The third-order valence-electron chi connectivity index (χ3n) is 5.37. The van der Waals surface area contributed by atoms with E-state index in [-0.39, 0.29) is 32.1 Å². The number of sulfonamides is 1. The zero-order valence-corrected chi connectivity index (χ0v) is 18.0. The number of hydrogen-bond acceptors (Lipinski definition) is 4. The Kier molecular flexibility index (Phi) is 6.54. The van der Waals surface area contributed by atoms with E-state index >= 15 is 0 Å². The highest BCUT2D eigenvalue weighted by molar-refractivity contribution is 7.89. The van der Waals surface area contributed by atoms with Crippen LogP contribution in [0.4, 0.5) is 14.5 Å². The Hall–Kier alpha value is -2.36. The van der Waals surface area contributed by atoms with Crippen LogP contribution in [0.25, 0.3) is 0 Å². The van der Waals surface area contributed by atoms with Crippen molar-refractivity contribution in [1.82, 2.24) is 9.21 Å². The summed E-state index contributed by atoms with van der Waals surface area (Å²) in [6, 6.07) is 8.27. The zero-order chi connectivity index (χ0) is 22.1. The topological polar surface area (TPSA) is 69.7 Å². The van der Waals surface area contributed by atoms with Crippen molar-refractivity contribution in [2.24, 2.45) is 0 Å². The molecule has 30 heavy (non-hydrogen) atoms. The molecule has 1 saturated heterocycles. The van der Waals surface area contributed by atoms with Crippen LogP contribution in [0, 0.1) is 25.5 Å². The second-order valence-corrected chi connectivity index (χ2v) is 9.35. The highest BCUT2D eigenvalue weighted by atomic mass is 32.2. The van der Waals surface area contributed by atoms with Crippen molar-refractivity contribution in [1.29, 1.82) is 0 Å². The molecule has 6 nitrogen and oxygen atoms in total. The summed E-state index contributed by atoms with van der Waals surface area (Å²) >= 11 is 0. The van der Waals surface area contributed by atoms with Gasteiger partial charge in [-0.3, -0.25) is 9.69 Å². The Bertz CT molecular complexity index is 1030. The standard InChI is InChI=1S/C21H25F2N3O3S/c1-14-7-8-15(2)19(13-14)24-21(27)16(3)25-9-11-26(12-10-25)30(28,29)20-17(22)5-4-6-18(20)23/h4-8,13,16H,9-12H2,1-3H3,(H,24,27). The minimum Gasteiger partial charge on any atom is -0.324 e. The minimum absolute atomic E-state index is 0.0389. The summed E-state index contributed by atoms with van der Waals surface area (Å²) in [4.78, 5) is 13.6. The Morgan fingerprint density at radius 1 is 1.03 bits per heavy atom. The average Bonchev–Trinajstić information content (AvgIpc) is 2.70. The molecule has 2 aromatic rings. The van der Waals surface area contributed by atoms with E-state index in [4.69, 9.17) is 0 Å². The number of amides is 1. The van der Waals surface area contributed by atoms with Crippen LogP contribution in [0.15, 0.2) is 41.3 Å². The van der Waals surface area contributed by atoms with Gasteiger partial charge in [-0.05, 0) is 50.1 Å². The number of piperazine rings is 1. The van der Waals surface area contributed by atoms with Gasteiger partial charge in [0, 0.05) is 31.9 Å². The van der Waals surface area contributed by atoms with Crippen molar-refractivity contribution < 1.29 is 22.0 Å². The molecule has 1 fully saturated rings. The molecular formula is C21H25F2N3O3S. The van der Waals surface area contributed by atoms with Crippen molar-refractivity contribution in [3.63, 3.8) is 0 Å². The van der Waals surface area contributed by atoms with Crippen LogP contribution in [0.3, 0.4) is 0 Å². The van der Waals surface area contributed by atoms with Crippen LogP contribution in [0.2, 0.25) is 0 Å². The number of rotatable bonds is 5. The Balaban J connectivity index is 1.66. The fourth-order valence-corrected chi connectivity index (χ4v) is 4.99. The van der Waals surface area contributed by atoms with Crippen molar-refractivity contribution in [2.75, 3.05) is 31.5 Å². The third kappa shape index (κ3) is 4.53. The van der Waals surface area contributed by atoms with Gasteiger partial charge in [-0.1, -0.05) is 18.2 Å². The summed E-state index contributed by atoms with van der Waals surface area (Å²) in [7, 11) is -4.30. The Labute approximate surface area is 175 Å². The molecule has 0 radical (unpaired) electrons. The molecule has 1 unspecified atom stereocenters. The lowest BCUT2D eigenvalue weighted by Gasteiger charge is -2.36. The highest BCUT2D eigenvalue weighted by Crippen LogP contribution is 2.24. The zero-order valence-electron chi connectivity index (χ0n) is 17.2. The molecule has 1 amide bonds. The van der Waals surface area contributed by atoms with Crippen LogP contribution < -0.4 is 5.32 Å². The fraction of sp³-hybridized carbons (Fsp3) is 0.381. The van der Waals surface area contributed by atoms with Crippen molar-refractivity contribution in [3.05, 3.63) is 59.2 Å². The first-order valence-corrected chi connectivity index (χ1v) is 11.1. The second-order valence-electron chi connectivity index (χ2n) is 7.47. The summed E-state index contributed by atoms with van der Waals surface area (Å²) < 4.78 is 54.4. The first-order valence-electron chi connectivity index (χ1n) is 9.67. The summed E-state index contributed by atoms with van der Waals surface area (Å²) in [6.07, 6.45) is 0. The fourth-order valence-electron chi connectivity index (χ4n) is 3.46. The van der Waals surface area contributed by atoms with Crippen LogP contribution in [0.5, 0.6) is 0 Å². The van der Waals surface area contributed by atoms with Crippen molar-refractivity contribution in [3.8, 4) is 0 Å². The van der Waals surface area contributed by atoms with Gasteiger partial charge in [0.15, 0.2) is 4.90 Å². The van der Waals surface area contributed by atoms with Gasteiger partial charge in [-0.15, -0.1) is 0 Å². The number of halogens is 2. The summed E-state index contributed by atoms with van der Waals surface area (Å²) in [5, 5.41) is 2.92. The van der Waals surface area contributed by atoms with Gasteiger partial charge in [0.25, 0.3) is 0 Å². The van der Waals surface area contributed by atoms with E-state index in [1.165, 1.54) is 0 Å². The van der Waals surface area contributed by atoms with E-state index < -0.39 is 32.6 Å². The molecule has 0 aromatic heterocycles. The first kappa shape index (κ1) is 22.3. The molecule has 1 aliphatic heterocycles. The Morgan fingerprint density at radius 2 is 1.63 bits per heavy atom. The number of benzene rings is 2. The SMILES string of the molecule is Cc1ccc(C)c(NC(=O)C(C)N2CCN(S(=O)(=O)c3c(F)cccc3F)CC2)c1. The molecule has 1 aliphatic rings. The van der Waals surface area contributed by atoms with Gasteiger partial charge in [0.2, 0.25) is 15.9 Å². The van der Waals surface area contributed by atoms with E-state index in [0.717, 1.165) is 39.3 Å². The maximum absolute atomic E-state index is 14.0. The van der Waals surface area contributed by atoms with Crippen LogP contribution in [0.1, 0.15) is 18.1 Å². The number of nitrogens with one attached hydrogen (secondary N) is 1. The minimum atomic E-state index is -4.30. The van der Waals surface area contributed by atoms with Crippen LogP contribution in [-0.2, 0) is 14.8 Å². The van der Waals surface area contributed by atoms with Gasteiger partial charge in [-0.25, -0.2) is 17.2 Å². The van der Waals surface area contributed by atoms with Crippen LogP contribution >= 0.6 is 0 Å². The molecule has 0 spiro atoms. The Morgan fingerprint density at radius 3 is 2.23 bits per heavy atom. The largest absolute Gasteiger partial charge is 0.324 e. The average molecular weight is 438 g/mol. The quantitative estimate of drug-likeness (QED) is 0.781. The number of hydrogen-bond donors (Lipinski definition) is 1. The molecule has 1 N–H and O–H groups in total. The van der Waals surface area contributed by atoms with Gasteiger partial charge in [0.1, 0.15) is 11.6 Å². The van der Waals surface area contributed by atoms with E-state index in [0.29, 0.717) is 0 Å². The molecular weight excluding hydrogens is 412 g/mol.